The van der Waals surface area contributed by atoms with Crippen molar-refractivity contribution in [3.63, 3.8) is 0 Å². The highest BCUT2D eigenvalue weighted by molar-refractivity contribution is 7.89. The summed E-state index contributed by atoms with van der Waals surface area (Å²) in [5.41, 5.74) is 7.58. The van der Waals surface area contributed by atoms with E-state index in [0.29, 0.717) is 30.6 Å². The van der Waals surface area contributed by atoms with Gasteiger partial charge in [-0.05, 0) is 94.7 Å². The Morgan fingerprint density at radius 2 is 1.95 bits per heavy atom. The Labute approximate surface area is 245 Å². The zero-order valence-corrected chi connectivity index (χ0v) is 25.6. The second-order valence-corrected chi connectivity index (χ2v) is 15.6. The Hall–Kier alpha value is -1.23. The van der Waals surface area contributed by atoms with E-state index in [1.54, 1.807) is 4.31 Å². The molecule has 0 radical (unpaired) electrons. The molecule has 3 saturated heterocycles. The van der Waals surface area contributed by atoms with Gasteiger partial charge in [0.2, 0.25) is 15.9 Å². The van der Waals surface area contributed by atoms with Gasteiger partial charge in [-0.25, -0.2) is 8.42 Å². The average Bonchev–Trinajstić information content (AvgIpc) is 3.30. The predicted octanol–water partition coefficient (Wildman–Crippen LogP) is 3.79. The van der Waals surface area contributed by atoms with Crippen LogP contribution in [-0.2, 0) is 19.6 Å². The van der Waals surface area contributed by atoms with Crippen molar-refractivity contribution in [2.24, 2.45) is 17.6 Å². The molecule has 1 aromatic rings. The number of rotatable bonds is 8. The predicted molar refractivity (Wildman–Crippen MR) is 159 cm³/mol. The van der Waals surface area contributed by atoms with E-state index in [1.807, 2.05) is 24.3 Å². The summed E-state index contributed by atoms with van der Waals surface area (Å²) in [4.78, 5) is 13.7. The largest absolute Gasteiger partial charge is 0.376 e. The first kappa shape index (κ1) is 30.2. The fourth-order valence-electron chi connectivity index (χ4n) is 7.71. The Morgan fingerprint density at radius 3 is 2.70 bits per heavy atom. The highest BCUT2D eigenvalue weighted by Gasteiger charge is 2.41. The summed E-state index contributed by atoms with van der Waals surface area (Å²) in [6.07, 6.45) is 8.10. The number of nitrogens with two attached hydrogens (primary N) is 1. The minimum Gasteiger partial charge on any atom is -0.376 e. The second-order valence-electron chi connectivity index (χ2n) is 13.1. The minimum atomic E-state index is -3.20. The van der Waals surface area contributed by atoms with E-state index in [-0.39, 0.29) is 47.2 Å². The van der Waals surface area contributed by atoms with Crippen molar-refractivity contribution in [3.8, 4) is 0 Å². The van der Waals surface area contributed by atoms with E-state index in [9.17, 15) is 13.2 Å². The molecular formula is C30H47ClN4O4S. The van der Waals surface area contributed by atoms with E-state index in [2.05, 4.69) is 24.5 Å². The first-order chi connectivity index (χ1) is 19.0. The Balaban J connectivity index is 1.24. The molecule has 5 rings (SSSR count). The van der Waals surface area contributed by atoms with Crippen LogP contribution in [0.2, 0.25) is 5.02 Å². The third-order valence-electron chi connectivity index (χ3n) is 9.81. The van der Waals surface area contributed by atoms with Crippen LogP contribution in [0.5, 0.6) is 0 Å². The maximum atomic E-state index is 13.7. The molecule has 3 heterocycles. The van der Waals surface area contributed by atoms with Gasteiger partial charge in [0.25, 0.3) is 0 Å². The van der Waals surface area contributed by atoms with Gasteiger partial charge in [0.1, 0.15) is 0 Å². The molecule has 1 aromatic carbocycles. The van der Waals surface area contributed by atoms with Crippen LogP contribution in [0, 0.1) is 11.8 Å². The summed E-state index contributed by atoms with van der Waals surface area (Å²) < 4.78 is 33.5. The number of sulfonamides is 1. The Morgan fingerprint density at radius 1 is 1.18 bits per heavy atom. The van der Waals surface area contributed by atoms with E-state index in [0.717, 1.165) is 63.4 Å². The van der Waals surface area contributed by atoms with Crippen molar-refractivity contribution in [3.05, 3.63) is 34.9 Å². The number of amides is 1. The lowest BCUT2D eigenvalue weighted by molar-refractivity contribution is -0.125. The molecule has 4 aliphatic rings. The van der Waals surface area contributed by atoms with Gasteiger partial charge in [0.15, 0.2) is 0 Å². The normalized spacial score (nSPS) is 34.9. The number of benzene rings is 1. The third kappa shape index (κ3) is 7.04. The van der Waals surface area contributed by atoms with Gasteiger partial charge in [-0.1, -0.05) is 30.2 Å². The summed E-state index contributed by atoms with van der Waals surface area (Å²) in [6.45, 7) is 6.16. The van der Waals surface area contributed by atoms with Crippen LogP contribution in [0.1, 0.15) is 83.1 Å². The van der Waals surface area contributed by atoms with Crippen LogP contribution in [0.4, 0.5) is 0 Å². The summed E-state index contributed by atoms with van der Waals surface area (Å²) in [6, 6.07) is 7.40. The zero-order valence-electron chi connectivity index (χ0n) is 24.0. The molecule has 8 atom stereocenters. The number of carbonyl (C=O) groups excluding carboxylic acids is 1. The lowest BCUT2D eigenvalue weighted by Crippen LogP contribution is -2.57. The van der Waals surface area contributed by atoms with E-state index in [1.165, 1.54) is 0 Å². The maximum Gasteiger partial charge on any atom is 0.237 e. The van der Waals surface area contributed by atoms with Gasteiger partial charge in [0, 0.05) is 48.8 Å². The van der Waals surface area contributed by atoms with Crippen molar-refractivity contribution >= 4 is 27.5 Å². The molecule has 1 aliphatic carbocycles. The second kappa shape index (κ2) is 12.6. The number of nitrogens with one attached hydrogen (secondary N) is 2. The van der Waals surface area contributed by atoms with Crippen LogP contribution in [-0.4, -0.2) is 73.8 Å². The van der Waals surface area contributed by atoms with Gasteiger partial charge < -0.3 is 21.1 Å². The molecule has 3 aliphatic heterocycles. The van der Waals surface area contributed by atoms with Crippen LogP contribution < -0.4 is 16.4 Å². The van der Waals surface area contributed by atoms with Gasteiger partial charge in [0.05, 0.1) is 17.4 Å². The number of hydrogen-bond acceptors (Lipinski definition) is 6. The van der Waals surface area contributed by atoms with Crippen LogP contribution in [0.25, 0.3) is 0 Å². The number of hydrogen-bond donors (Lipinski definition) is 3. The van der Waals surface area contributed by atoms with Crippen molar-refractivity contribution in [1.29, 1.82) is 0 Å². The molecule has 40 heavy (non-hydrogen) atoms. The molecule has 4 fully saturated rings. The molecule has 1 amide bonds. The summed E-state index contributed by atoms with van der Waals surface area (Å²) in [7, 11) is -3.20. The van der Waals surface area contributed by atoms with Gasteiger partial charge >= 0.3 is 0 Å². The number of nitrogens with zero attached hydrogens (tertiary/aromatic N) is 1. The monoisotopic (exact) mass is 594 g/mol. The van der Waals surface area contributed by atoms with Gasteiger partial charge in [-0.2, -0.15) is 4.31 Å². The molecule has 0 spiro atoms. The summed E-state index contributed by atoms with van der Waals surface area (Å²) in [5.74, 6) is 0.580. The average molecular weight is 595 g/mol. The van der Waals surface area contributed by atoms with Gasteiger partial charge in [-0.15, -0.1) is 0 Å². The number of ether oxygens (including phenoxy) is 1. The maximum absolute atomic E-state index is 13.7. The van der Waals surface area contributed by atoms with E-state index >= 15 is 0 Å². The van der Waals surface area contributed by atoms with Crippen LogP contribution >= 0.6 is 11.6 Å². The van der Waals surface area contributed by atoms with Crippen molar-refractivity contribution in [2.45, 2.75) is 107 Å². The molecule has 2 bridgehead atoms. The molecule has 224 valence electrons. The minimum absolute atomic E-state index is 0.00952. The zero-order chi connectivity index (χ0) is 28.5. The summed E-state index contributed by atoms with van der Waals surface area (Å²) in [5, 5.41) is 7.57. The highest BCUT2D eigenvalue weighted by atomic mass is 35.5. The van der Waals surface area contributed by atoms with E-state index < -0.39 is 16.1 Å². The fourth-order valence-corrected chi connectivity index (χ4v) is 9.64. The van der Waals surface area contributed by atoms with Crippen molar-refractivity contribution in [1.82, 2.24) is 14.9 Å². The molecule has 10 heteroatoms. The molecule has 0 aromatic heterocycles. The Kier molecular flexibility index (Phi) is 9.49. The fraction of sp³-hybridized carbons (Fsp3) is 0.767. The number of fused-ring (bicyclic) bond motifs is 2. The van der Waals surface area contributed by atoms with Gasteiger partial charge in [-0.3, -0.25) is 4.79 Å². The third-order valence-corrected chi connectivity index (χ3v) is 12.0. The first-order valence-corrected chi connectivity index (χ1v) is 17.2. The molecule has 1 saturated carbocycles. The number of carbonyl (C=O) groups is 1. The number of halogens is 1. The smallest absolute Gasteiger partial charge is 0.237 e. The Bertz CT molecular complexity index is 1130. The molecule has 8 nitrogen and oxygen atoms in total. The van der Waals surface area contributed by atoms with Crippen LogP contribution in [0.3, 0.4) is 0 Å². The quantitative estimate of drug-likeness (QED) is 0.422. The van der Waals surface area contributed by atoms with Crippen molar-refractivity contribution in [2.75, 3.05) is 25.4 Å². The lowest BCUT2D eigenvalue weighted by atomic mass is 9.73. The molecule has 4 N–H and O–H groups in total. The highest BCUT2D eigenvalue weighted by Crippen LogP contribution is 2.40. The molecular weight excluding hydrogens is 548 g/mol. The standard InChI is InChI=1S/C30H47ClN4O4S/c1-30(2)17-22(14-15-39-30)27(21-8-11-23(31)12-9-21)28(32)29(36)34-26-7-3-5-20(26)10-13-25-18-33-24-6-4-16-40(37,38)35(25)19-24/h8-9,11-12,20,22,24-28,33H,3-7,10,13-19,32H2,1-2H3,(H,34,36)/t20-,22?,24-,25+,26+,27+,28+/m1/s1. The van der Waals surface area contributed by atoms with Crippen molar-refractivity contribution < 1.29 is 17.9 Å². The summed E-state index contributed by atoms with van der Waals surface area (Å²) >= 11 is 6.19. The molecule has 2 unspecified atom stereocenters. The lowest BCUT2D eigenvalue weighted by Gasteiger charge is -2.41. The first-order valence-electron chi connectivity index (χ1n) is 15.2. The van der Waals surface area contributed by atoms with Crippen LogP contribution in [0.15, 0.2) is 24.3 Å². The van der Waals surface area contributed by atoms with E-state index in [4.69, 9.17) is 22.1 Å². The SMILES string of the molecule is CC1(C)CC([C@H](c2ccc(Cl)cc2)[C@H](N)C(=O)N[C@H]2CCC[C@@H]2CC[C@H]2CN[C@@H]3CCCS(=O)(=O)N2C3)CCO1. The topological polar surface area (TPSA) is 114 Å². The number of piperazine rings is 1.